The van der Waals surface area contributed by atoms with Gasteiger partial charge >= 0.3 is 6.01 Å². The van der Waals surface area contributed by atoms with E-state index >= 15 is 0 Å². The third-order valence-corrected chi connectivity index (χ3v) is 4.90. The average molecular weight is 404 g/mol. The molecule has 4 aromatic rings. The zero-order chi connectivity index (χ0) is 21.3. The largest absolute Gasteiger partial charge is 0.493 e. The molecule has 0 radical (unpaired) electrons. The lowest BCUT2D eigenvalue weighted by Crippen LogP contribution is -2.11. The fourth-order valence-electron chi connectivity index (χ4n) is 3.14. The van der Waals surface area contributed by atoms with Gasteiger partial charge in [0.2, 0.25) is 5.88 Å². The highest BCUT2D eigenvalue weighted by Gasteiger charge is 2.13. The number of nitrogens with zero attached hydrogens (tertiary/aromatic N) is 4. The van der Waals surface area contributed by atoms with Crippen LogP contribution >= 0.6 is 0 Å². The third kappa shape index (κ3) is 3.87. The minimum atomic E-state index is -0.449. The third-order valence-electron chi connectivity index (χ3n) is 4.90. The Kier molecular flexibility index (Phi) is 5.18. The Morgan fingerprint density at radius 2 is 1.80 bits per heavy atom. The van der Waals surface area contributed by atoms with Crippen molar-refractivity contribution in [2.75, 3.05) is 11.9 Å². The molecular formula is C23H21FN4O2. The van der Waals surface area contributed by atoms with Crippen LogP contribution in [0.25, 0.3) is 10.9 Å². The van der Waals surface area contributed by atoms with Gasteiger partial charge in [-0.05, 0) is 41.8 Å². The van der Waals surface area contributed by atoms with Gasteiger partial charge in [0.25, 0.3) is 0 Å². The van der Waals surface area contributed by atoms with Gasteiger partial charge in [0.1, 0.15) is 5.75 Å². The van der Waals surface area contributed by atoms with Crippen molar-refractivity contribution in [3.05, 3.63) is 72.3 Å². The lowest BCUT2D eigenvalue weighted by atomic mass is 10.0. The Morgan fingerprint density at radius 1 is 1.03 bits per heavy atom. The monoisotopic (exact) mass is 404 g/mol. The SMILES string of the molecule is CC(C)c1ccc(N(C)c2ccc(Oc3nc(O)c4ccncc4n3)cc2F)cc1. The Labute approximate surface area is 173 Å². The van der Waals surface area contributed by atoms with E-state index < -0.39 is 5.82 Å². The Bertz CT molecular complexity index is 1200. The van der Waals surface area contributed by atoms with Crippen LogP contribution in [0.15, 0.2) is 60.9 Å². The first kappa shape index (κ1) is 19.6. The number of pyridine rings is 1. The second-order valence-electron chi connectivity index (χ2n) is 7.24. The van der Waals surface area contributed by atoms with E-state index in [1.807, 2.05) is 24.3 Å². The predicted molar refractivity (Wildman–Crippen MR) is 114 cm³/mol. The molecular weight excluding hydrogens is 383 g/mol. The van der Waals surface area contributed by atoms with E-state index in [-0.39, 0.29) is 17.6 Å². The van der Waals surface area contributed by atoms with E-state index in [0.717, 1.165) is 5.69 Å². The molecule has 4 rings (SSSR count). The van der Waals surface area contributed by atoms with E-state index in [2.05, 4.69) is 28.8 Å². The summed E-state index contributed by atoms with van der Waals surface area (Å²) in [5, 5.41) is 10.5. The van der Waals surface area contributed by atoms with E-state index in [4.69, 9.17) is 4.74 Å². The molecule has 0 spiro atoms. The number of aromatic hydroxyl groups is 1. The van der Waals surface area contributed by atoms with Crippen LogP contribution in [0.2, 0.25) is 0 Å². The van der Waals surface area contributed by atoms with E-state index in [9.17, 15) is 9.50 Å². The van der Waals surface area contributed by atoms with Crippen LogP contribution in [-0.2, 0) is 0 Å². The van der Waals surface area contributed by atoms with Gasteiger partial charge in [-0.3, -0.25) is 4.98 Å². The van der Waals surface area contributed by atoms with Crippen molar-refractivity contribution >= 4 is 22.3 Å². The standard InChI is InChI=1S/C23H21FN4O2/c1-14(2)15-4-6-16(7-5-15)28(3)21-9-8-17(12-19(21)24)30-23-26-20-13-25-11-10-18(20)22(29)27-23/h4-14H,1-3H3,(H,26,27,29). The fourth-order valence-corrected chi connectivity index (χ4v) is 3.14. The summed E-state index contributed by atoms with van der Waals surface area (Å²) in [4.78, 5) is 13.9. The van der Waals surface area contributed by atoms with Crippen molar-refractivity contribution in [3.63, 3.8) is 0 Å². The summed E-state index contributed by atoms with van der Waals surface area (Å²) >= 11 is 0. The molecule has 152 valence electrons. The zero-order valence-electron chi connectivity index (χ0n) is 16.9. The minimum Gasteiger partial charge on any atom is -0.493 e. The molecule has 0 aliphatic carbocycles. The molecule has 6 nitrogen and oxygen atoms in total. The molecule has 0 saturated heterocycles. The normalized spacial score (nSPS) is 11.1. The van der Waals surface area contributed by atoms with Gasteiger partial charge in [0.05, 0.1) is 22.8 Å². The van der Waals surface area contributed by atoms with Crippen LogP contribution in [0.4, 0.5) is 15.8 Å². The quantitative estimate of drug-likeness (QED) is 0.470. The molecule has 2 aromatic carbocycles. The van der Waals surface area contributed by atoms with Crippen LogP contribution in [-0.4, -0.2) is 27.1 Å². The van der Waals surface area contributed by atoms with Crippen LogP contribution in [0.3, 0.4) is 0 Å². The summed E-state index contributed by atoms with van der Waals surface area (Å²) in [6, 6.07) is 14.1. The molecule has 1 N–H and O–H groups in total. The maximum atomic E-state index is 14.8. The van der Waals surface area contributed by atoms with Crippen LogP contribution in [0.5, 0.6) is 17.6 Å². The molecule has 0 amide bonds. The lowest BCUT2D eigenvalue weighted by molar-refractivity contribution is 0.410. The molecule has 7 heteroatoms. The summed E-state index contributed by atoms with van der Waals surface area (Å²) in [6.45, 7) is 4.26. The van der Waals surface area contributed by atoms with Crippen LogP contribution in [0.1, 0.15) is 25.3 Å². The van der Waals surface area contributed by atoms with Gasteiger partial charge in [-0.2, -0.15) is 9.97 Å². The maximum absolute atomic E-state index is 14.8. The second kappa shape index (κ2) is 7.94. The van der Waals surface area contributed by atoms with Crippen molar-refractivity contribution in [1.29, 1.82) is 0 Å². The van der Waals surface area contributed by atoms with E-state index in [1.165, 1.54) is 24.0 Å². The first-order valence-electron chi connectivity index (χ1n) is 9.54. The molecule has 0 bridgehead atoms. The number of anilines is 2. The molecule has 0 aliphatic heterocycles. The summed E-state index contributed by atoms with van der Waals surface area (Å²) in [6.07, 6.45) is 3.03. The zero-order valence-corrected chi connectivity index (χ0v) is 16.9. The van der Waals surface area contributed by atoms with Crippen LogP contribution in [0, 0.1) is 5.82 Å². The Morgan fingerprint density at radius 3 is 2.50 bits per heavy atom. The van der Waals surface area contributed by atoms with E-state index in [0.29, 0.717) is 22.5 Å². The van der Waals surface area contributed by atoms with Gasteiger partial charge in [0.15, 0.2) is 5.82 Å². The van der Waals surface area contributed by atoms with E-state index in [1.54, 1.807) is 30.1 Å². The fraction of sp³-hybridized carbons (Fsp3) is 0.174. The van der Waals surface area contributed by atoms with Gasteiger partial charge in [-0.1, -0.05) is 26.0 Å². The Balaban J connectivity index is 1.57. The highest BCUT2D eigenvalue weighted by atomic mass is 19.1. The summed E-state index contributed by atoms with van der Waals surface area (Å²) in [5.41, 5.74) is 2.94. The highest BCUT2D eigenvalue weighted by Crippen LogP contribution is 2.32. The van der Waals surface area contributed by atoms with Crippen molar-refractivity contribution in [3.8, 4) is 17.6 Å². The summed E-state index contributed by atoms with van der Waals surface area (Å²) in [5.74, 6) is -0.0128. The number of rotatable bonds is 5. The molecule has 2 heterocycles. The summed E-state index contributed by atoms with van der Waals surface area (Å²) < 4.78 is 20.4. The second-order valence-corrected chi connectivity index (χ2v) is 7.24. The number of fused-ring (bicyclic) bond motifs is 1. The summed E-state index contributed by atoms with van der Waals surface area (Å²) in [7, 11) is 1.81. The molecule has 0 fully saturated rings. The van der Waals surface area contributed by atoms with Crippen molar-refractivity contribution in [1.82, 2.24) is 15.0 Å². The molecule has 30 heavy (non-hydrogen) atoms. The van der Waals surface area contributed by atoms with Gasteiger partial charge < -0.3 is 14.7 Å². The molecule has 0 saturated carbocycles. The number of halogens is 1. The predicted octanol–water partition coefficient (Wildman–Crippen LogP) is 5.55. The van der Waals surface area contributed by atoms with Crippen LogP contribution < -0.4 is 9.64 Å². The highest BCUT2D eigenvalue weighted by molar-refractivity contribution is 5.82. The molecule has 0 aliphatic rings. The smallest absolute Gasteiger partial charge is 0.325 e. The van der Waals surface area contributed by atoms with Gasteiger partial charge in [-0.25, -0.2) is 4.39 Å². The number of aromatic nitrogens is 3. The topological polar surface area (TPSA) is 71.4 Å². The number of ether oxygens (including phenoxy) is 1. The first-order valence-corrected chi connectivity index (χ1v) is 9.54. The van der Waals surface area contributed by atoms with Gasteiger partial charge in [0, 0.05) is 25.0 Å². The number of benzene rings is 2. The minimum absolute atomic E-state index is 0.0854. The Hall–Kier alpha value is -3.74. The first-order chi connectivity index (χ1) is 14.4. The number of hydrogen-bond acceptors (Lipinski definition) is 6. The van der Waals surface area contributed by atoms with Crippen molar-refractivity contribution in [2.24, 2.45) is 0 Å². The maximum Gasteiger partial charge on any atom is 0.325 e. The van der Waals surface area contributed by atoms with Crippen molar-refractivity contribution in [2.45, 2.75) is 19.8 Å². The number of hydrogen-bond donors (Lipinski definition) is 1. The molecule has 0 unspecified atom stereocenters. The molecule has 2 aromatic heterocycles. The van der Waals surface area contributed by atoms with Crippen molar-refractivity contribution < 1.29 is 14.2 Å². The lowest BCUT2D eigenvalue weighted by Gasteiger charge is -2.21. The average Bonchev–Trinajstić information content (AvgIpc) is 2.73. The molecule has 0 atom stereocenters. The van der Waals surface area contributed by atoms with Gasteiger partial charge in [-0.15, -0.1) is 0 Å².